The molecular weight excluding hydrogens is 301 g/mol. The Morgan fingerprint density at radius 2 is 2.18 bits per heavy atom. The third-order valence-corrected chi connectivity index (χ3v) is 4.71. The smallest absolute Gasteiger partial charge is 0.287 e. The van der Waals surface area contributed by atoms with Crippen LogP contribution in [0.5, 0.6) is 0 Å². The second kappa shape index (κ2) is 5.93. The number of furan rings is 1. The molecule has 1 N–H and O–H groups in total. The maximum Gasteiger partial charge on any atom is 0.287 e. The molecule has 0 radical (unpaired) electrons. The number of carbonyl (C=O) groups is 1. The minimum Gasteiger partial charge on any atom is -0.448 e. The number of rotatable bonds is 4. The van der Waals surface area contributed by atoms with Crippen LogP contribution in [0.3, 0.4) is 0 Å². The number of aryl methyl sites for hydroxylation is 1. The van der Waals surface area contributed by atoms with Crippen LogP contribution in [0.25, 0.3) is 11.0 Å². The second-order valence-electron chi connectivity index (χ2n) is 5.12. The van der Waals surface area contributed by atoms with Gasteiger partial charge in [0.25, 0.3) is 5.91 Å². The lowest BCUT2D eigenvalue weighted by Gasteiger charge is -2.14. The van der Waals surface area contributed by atoms with Crippen molar-refractivity contribution in [3.8, 4) is 0 Å². The summed E-state index contributed by atoms with van der Waals surface area (Å²) < 4.78 is 19.2. The van der Waals surface area contributed by atoms with E-state index >= 15 is 0 Å². The third kappa shape index (κ3) is 2.52. The van der Waals surface area contributed by atoms with E-state index in [1.54, 1.807) is 30.4 Å². The Morgan fingerprint density at radius 3 is 2.82 bits per heavy atom. The first-order valence-corrected chi connectivity index (χ1v) is 8.01. The van der Waals surface area contributed by atoms with Crippen molar-refractivity contribution in [2.24, 2.45) is 0 Å². The van der Waals surface area contributed by atoms with Crippen molar-refractivity contribution in [1.82, 2.24) is 5.32 Å². The Bertz CT molecular complexity index is 808. The number of para-hydroxylation sites is 1. The van der Waals surface area contributed by atoms with Crippen molar-refractivity contribution in [3.63, 3.8) is 0 Å². The molecule has 0 aliphatic carbocycles. The van der Waals surface area contributed by atoms with Gasteiger partial charge in [-0.25, -0.2) is 4.39 Å². The Morgan fingerprint density at radius 1 is 1.36 bits per heavy atom. The van der Waals surface area contributed by atoms with E-state index in [1.807, 2.05) is 24.4 Å². The average molecular weight is 317 g/mol. The normalized spacial score (nSPS) is 12.5. The summed E-state index contributed by atoms with van der Waals surface area (Å²) >= 11 is 1.60. The zero-order chi connectivity index (χ0) is 15.7. The van der Waals surface area contributed by atoms with Gasteiger partial charge < -0.3 is 9.73 Å². The maximum absolute atomic E-state index is 13.8. The molecule has 5 heteroatoms. The number of hydrogen-bond donors (Lipinski definition) is 1. The summed E-state index contributed by atoms with van der Waals surface area (Å²) in [5, 5.41) is 5.57. The number of amides is 1. The molecule has 2 aromatic heterocycles. The topological polar surface area (TPSA) is 42.2 Å². The molecule has 2 heterocycles. The predicted octanol–water partition coefficient (Wildman–Crippen LogP) is 4.82. The number of thiophene rings is 1. The van der Waals surface area contributed by atoms with E-state index < -0.39 is 5.82 Å². The molecule has 3 aromatic rings. The first-order valence-electron chi connectivity index (χ1n) is 7.13. The van der Waals surface area contributed by atoms with Crippen molar-refractivity contribution < 1.29 is 13.6 Å². The lowest BCUT2D eigenvalue weighted by atomic mass is 10.1. The van der Waals surface area contributed by atoms with Crippen molar-refractivity contribution in [1.29, 1.82) is 0 Å². The van der Waals surface area contributed by atoms with Crippen LogP contribution in [0.15, 0.2) is 40.1 Å². The lowest BCUT2D eigenvalue weighted by molar-refractivity contribution is 0.0909. The molecule has 1 amide bonds. The van der Waals surface area contributed by atoms with Crippen molar-refractivity contribution in [2.45, 2.75) is 26.3 Å². The summed E-state index contributed by atoms with van der Waals surface area (Å²) in [6, 6.07) is 8.58. The quantitative estimate of drug-likeness (QED) is 0.749. The summed E-state index contributed by atoms with van der Waals surface area (Å²) in [4.78, 5) is 13.6. The maximum atomic E-state index is 13.8. The molecule has 0 aliphatic rings. The van der Waals surface area contributed by atoms with Gasteiger partial charge in [0.15, 0.2) is 17.2 Å². The zero-order valence-electron chi connectivity index (χ0n) is 12.4. The van der Waals surface area contributed by atoms with Gasteiger partial charge in [-0.05, 0) is 30.9 Å². The molecular formula is C17H16FNO2S. The molecule has 0 unspecified atom stereocenters. The summed E-state index contributed by atoms with van der Waals surface area (Å²) in [5.41, 5.74) is 0.794. The fourth-order valence-electron chi connectivity index (χ4n) is 2.51. The van der Waals surface area contributed by atoms with Crippen LogP contribution in [0, 0.1) is 12.7 Å². The van der Waals surface area contributed by atoms with Gasteiger partial charge in [0.2, 0.25) is 0 Å². The molecule has 0 spiro atoms. The van der Waals surface area contributed by atoms with E-state index in [0.717, 1.165) is 11.3 Å². The highest BCUT2D eigenvalue weighted by Crippen LogP contribution is 2.28. The van der Waals surface area contributed by atoms with Crippen LogP contribution >= 0.6 is 11.3 Å². The SMILES string of the molecule is CC[C@@H](NC(=O)c1oc2c(F)cccc2c1C)c1cccs1. The molecule has 3 nitrogen and oxygen atoms in total. The molecule has 114 valence electrons. The Hall–Kier alpha value is -2.14. The van der Waals surface area contributed by atoms with Gasteiger partial charge in [-0.15, -0.1) is 11.3 Å². The van der Waals surface area contributed by atoms with Crippen molar-refractivity contribution >= 4 is 28.2 Å². The molecule has 1 atom stereocenters. The van der Waals surface area contributed by atoms with Crippen LogP contribution in [0.2, 0.25) is 0 Å². The Kier molecular flexibility index (Phi) is 3.98. The average Bonchev–Trinajstić information content (AvgIpc) is 3.14. The molecule has 0 aliphatic heterocycles. The largest absolute Gasteiger partial charge is 0.448 e. The van der Waals surface area contributed by atoms with Crippen LogP contribution in [-0.4, -0.2) is 5.91 Å². The van der Waals surface area contributed by atoms with Gasteiger partial charge >= 0.3 is 0 Å². The van der Waals surface area contributed by atoms with Gasteiger partial charge in [-0.2, -0.15) is 0 Å². The number of nitrogens with one attached hydrogen (secondary N) is 1. The second-order valence-corrected chi connectivity index (χ2v) is 6.10. The number of benzene rings is 1. The molecule has 0 saturated heterocycles. The van der Waals surface area contributed by atoms with E-state index in [-0.39, 0.29) is 23.3 Å². The highest BCUT2D eigenvalue weighted by Gasteiger charge is 2.22. The Labute approximate surface area is 131 Å². The molecule has 0 bridgehead atoms. The van der Waals surface area contributed by atoms with E-state index in [2.05, 4.69) is 5.32 Å². The predicted molar refractivity (Wildman–Crippen MR) is 85.7 cm³/mol. The minimum absolute atomic E-state index is 0.0649. The first kappa shape index (κ1) is 14.8. The van der Waals surface area contributed by atoms with Crippen molar-refractivity contribution in [3.05, 3.63) is 57.7 Å². The van der Waals surface area contributed by atoms with Crippen LogP contribution in [-0.2, 0) is 0 Å². The lowest BCUT2D eigenvalue weighted by Crippen LogP contribution is -2.27. The number of halogens is 1. The molecule has 0 fully saturated rings. The van der Waals surface area contributed by atoms with Gasteiger partial charge in [-0.3, -0.25) is 4.79 Å². The van der Waals surface area contributed by atoms with E-state index in [9.17, 15) is 9.18 Å². The third-order valence-electron chi connectivity index (χ3n) is 3.72. The van der Waals surface area contributed by atoms with Gasteiger partial charge in [-0.1, -0.05) is 25.1 Å². The minimum atomic E-state index is -0.454. The monoisotopic (exact) mass is 317 g/mol. The fraction of sp³-hybridized carbons (Fsp3) is 0.235. The Balaban J connectivity index is 1.92. The number of carbonyl (C=O) groups excluding carboxylic acids is 1. The fourth-order valence-corrected chi connectivity index (χ4v) is 3.37. The first-order chi connectivity index (χ1) is 10.6. The molecule has 1 aromatic carbocycles. The van der Waals surface area contributed by atoms with Crippen LogP contribution < -0.4 is 5.32 Å². The summed E-state index contributed by atoms with van der Waals surface area (Å²) in [6.07, 6.45) is 0.778. The van der Waals surface area contributed by atoms with E-state index in [0.29, 0.717) is 10.9 Å². The summed E-state index contributed by atoms with van der Waals surface area (Å²) in [7, 11) is 0. The van der Waals surface area contributed by atoms with E-state index in [4.69, 9.17) is 4.42 Å². The number of hydrogen-bond acceptors (Lipinski definition) is 3. The highest BCUT2D eigenvalue weighted by molar-refractivity contribution is 7.10. The van der Waals surface area contributed by atoms with Gasteiger partial charge in [0, 0.05) is 15.8 Å². The van der Waals surface area contributed by atoms with Gasteiger partial charge in [0.1, 0.15) is 0 Å². The van der Waals surface area contributed by atoms with E-state index in [1.165, 1.54) is 6.07 Å². The number of fused-ring (bicyclic) bond motifs is 1. The molecule has 22 heavy (non-hydrogen) atoms. The zero-order valence-corrected chi connectivity index (χ0v) is 13.2. The standard InChI is InChI=1S/C17H16FNO2S/c1-3-13(14-8-5-9-22-14)19-17(20)15-10(2)11-6-4-7-12(18)16(11)21-15/h4-9,13H,3H2,1-2H3,(H,19,20)/t13-/m1/s1. The molecule has 0 saturated carbocycles. The highest BCUT2D eigenvalue weighted by atomic mass is 32.1. The van der Waals surface area contributed by atoms with Crippen molar-refractivity contribution in [2.75, 3.05) is 0 Å². The summed E-state index contributed by atoms with van der Waals surface area (Å²) in [5.74, 6) is -0.589. The van der Waals surface area contributed by atoms with Gasteiger partial charge in [0.05, 0.1) is 6.04 Å². The summed E-state index contributed by atoms with van der Waals surface area (Å²) in [6.45, 7) is 3.78. The molecule has 3 rings (SSSR count). The van der Waals surface area contributed by atoms with Crippen LogP contribution in [0.4, 0.5) is 4.39 Å². The van der Waals surface area contributed by atoms with Crippen LogP contribution in [0.1, 0.15) is 40.4 Å².